The van der Waals surface area contributed by atoms with E-state index in [0.717, 1.165) is 18.4 Å². The van der Waals surface area contributed by atoms with Crippen LogP contribution in [0.2, 0.25) is 0 Å². The van der Waals surface area contributed by atoms with E-state index in [0.29, 0.717) is 13.0 Å². The van der Waals surface area contributed by atoms with Crippen molar-refractivity contribution in [2.45, 2.75) is 6.42 Å². The number of carbonyl (C=O) groups is 1. The minimum absolute atomic E-state index is 0.132. The molecule has 1 aromatic carbocycles. The van der Waals surface area contributed by atoms with E-state index in [1.54, 1.807) is 0 Å². The molecule has 0 unspecified atom stereocenters. The summed E-state index contributed by atoms with van der Waals surface area (Å²) in [5.74, 6) is -2.28. The standard InChI is InChI=1S/C12H17F2N3O3S/c1-21(19,20)16-7-3-6-15-8-11(18)17-12-9(13)4-2-5-10(12)14/h2,4-5,15-16H,3,6-8H2,1H3,(H,17,18). The maximum atomic E-state index is 13.3. The number of hydrogen-bond acceptors (Lipinski definition) is 4. The largest absolute Gasteiger partial charge is 0.320 e. The van der Waals surface area contributed by atoms with Gasteiger partial charge in [0.1, 0.15) is 17.3 Å². The number of rotatable bonds is 8. The summed E-state index contributed by atoms with van der Waals surface area (Å²) in [6.45, 7) is 0.498. The highest BCUT2D eigenvalue weighted by atomic mass is 32.2. The lowest BCUT2D eigenvalue weighted by Crippen LogP contribution is -2.31. The summed E-state index contributed by atoms with van der Waals surface area (Å²) in [6.07, 6.45) is 1.53. The zero-order chi connectivity index (χ0) is 15.9. The number of nitrogens with one attached hydrogen (secondary N) is 3. The number of halogens is 2. The maximum absolute atomic E-state index is 13.3. The second-order valence-corrected chi connectivity index (χ2v) is 6.17. The van der Waals surface area contributed by atoms with Gasteiger partial charge >= 0.3 is 0 Å². The van der Waals surface area contributed by atoms with Gasteiger partial charge in [0.25, 0.3) is 0 Å². The normalized spacial score (nSPS) is 11.4. The molecule has 0 aliphatic carbocycles. The molecule has 0 spiro atoms. The fraction of sp³-hybridized carbons (Fsp3) is 0.417. The second kappa shape index (κ2) is 8.01. The van der Waals surface area contributed by atoms with Crippen LogP contribution in [0, 0.1) is 11.6 Å². The van der Waals surface area contributed by atoms with Crippen molar-refractivity contribution >= 4 is 21.6 Å². The van der Waals surface area contributed by atoms with Crippen LogP contribution in [-0.2, 0) is 14.8 Å². The number of amides is 1. The number of para-hydroxylation sites is 1. The number of anilines is 1. The fourth-order valence-electron chi connectivity index (χ4n) is 1.47. The lowest BCUT2D eigenvalue weighted by Gasteiger charge is -2.08. The molecule has 9 heteroatoms. The van der Waals surface area contributed by atoms with Gasteiger partial charge in [0, 0.05) is 6.54 Å². The number of sulfonamides is 1. The minimum atomic E-state index is -3.22. The van der Waals surface area contributed by atoms with E-state index in [-0.39, 0.29) is 13.1 Å². The molecule has 0 aliphatic heterocycles. The maximum Gasteiger partial charge on any atom is 0.238 e. The summed E-state index contributed by atoms with van der Waals surface area (Å²) in [5, 5.41) is 4.87. The van der Waals surface area contributed by atoms with Gasteiger partial charge in [0.05, 0.1) is 12.8 Å². The molecule has 0 atom stereocenters. The molecule has 0 radical (unpaired) electrons. The Morgan fingerprint density at radius 2 is 1.81 bits per heavy atom. The van der Waals surface area contributed by atoms with Gasteiger partial charge in [-0.25, -0.2) is 21.9 Å². The zero-order valence-corrected chi connectivity index (χ0v) is 12.3. The molecule has 0 saturated heterocycles. The van der Waals surface area contributed by atoms with Crippen LogP contribution in [-0.4, -0.2) is 40.2 Å². The third kappa shape index (κ3) is 7.11. The van der Waals surface area contributed by atoms with Crippen LogP contribution >= 0.6 is 0 Å². The first kappa shape index (κ1) is 17.5. The Morgan fingerprint density at radius 3 is 2.38 bits per heavy atom. The van der Waals surface area contributed by atoms with Gasteiger partial charge in [-0.05, 0) is 25.1 Å². The molecule has 0 bridgehead atoms. The molecule has 0 saturated carbocycles. The topological polar surface area (TPSA) is 87.3 Å². The SMILES string of the molecule is CS(=O)(=O)NCCCNCC(=O)Nc1c(F)cccc1F. The summed E-state index contributed by atoms with van der Waals surface area (Å²) in [7, 11) is -3.22. The van der Waals surface area contributed by atoms with E-state index < -0.39 is 33.3 Å². The van der Waals surface area contributed by atoms with E-state index in [4.69, 9.17) is 0 Å². The van der Waals surface area contributed by atoms with Crippen molar-refractivity contribution in [3.05, 3.63) is 29.8 Å². The van der Waals surface area contributed by atoms with Crippen LogP contribution in [0.25, 0.3) is 0 Å². The molecule has 1 aromatic rings. The van der Waals surface area contributed by atoms with Gasteiger partial charge in [-0.15, -0.1) is 0 Å². The van der Waals surface area contributed by atoms with Crippen LogP contribution in [0.4, 0.5) is 14.5 Å². The van der Waals surface area contributed by atoms with E-state index in [2.05, 4.69) is 15.4 Å². The number of carbonyl (C=O) groups excluding carboxylic acids is 1. The van der Waals surface area contributed by atoms with Crippen LogP contribution in [0.5, 0.6) is 0 Å². The van der Waals surface area contributed by atoms with Crippen molar-refractivity contribution < 1.29 is 22.0 Å². The quantitative estimate of drug-likeness (QED) is 0.606. The van der Waals surface area contributed by atoms with Crippen LogP contribution in [0.3, 0.4) is 0 Å². The Balaban J connectivity index is 2.26. The van der Waals surface area contributed by atoms with Crippen molar-refractivity contribution in [1.82, 2.24) is 10.0 Å². The number of hydrogen-bond donors (Lipinski definition) is 3. The van der Waals surface area contributed by atoms with Crippen molar-refractivity contribution in [3.63, 3.8) is 0 Å². The van der Waals surface area contributed by atoms with Gasteiger partial charge < -0.3 is 10.6 Å². The molecule has 0 heterocycles. The Morgan fingerprint density at radius 1 is 1.19 bits per heavy atom. The highest BCUT2D eigenvalue weighted by Gasteiger charge is 2.11. The summed E-state index contributed by atoms with van der Waals surface area (Å²) in [5.41, 5.74) is -0.483. The molecule has 6 nitrogen and oxygen atoms in total. The van der Waals surface area contributed by atoms with Crippen molar-refractivity contribution in [1.29, 1.82) is 0 Å². The number of benzene rings is 1. The Labute approximate surface area is 122 Å². The molecule has 1 rings (SSSR count). The van der Waals surface area contributed by atoms with Gasteiger partial charge in [0.15, 0.2) is 0 Å². The van der Waals surface area contributed by atoms with Gasteiger partial charge in [-0.2, -0.15) is 0 Å². The zero-order valence-electron chi connectivity index (χ0n) is 11.4. The van der Waals surface area contributed by atoms with E-state index in [9.17, 15) is 22.0 Å². The third-order valence-corrected chi connectivity index (χ3v) is 3.14. The van der Waals surface area contributed by atoms with Crippen molar-refractivity contribution in [2.24, 2.45) is 0 Å². The van der Waals surface area contributed by atoms with E-state index in [1.165, 1.54) is 6.07 Å². The molecular weight excluding hydrogens is 304 g/mol. The van der Waals surface area contributed by atoms with E-state index in [1.807, 2.05) is 0 Å². The predicted molar refractivity (Wildman–Crippen MR) is 75.3 cm³/mol. The average Bonchev–Trinajstić information content (AvgIpc) is 2.37. The van der Waals surface area contributed by atoms with Gasteiger partial charge in [0.2, 0.25) is 15.9 Å². The Bertz CT molecular complexity index is 573. The smallest absolute Gasteiger partial charge is 0.238 e. The third-order valence-electron chi connectivity index (χ3n) is 2.41. The van der Waals surface area contributed by atoms with E-state index >= 15 is 0 Å². The highest BCUT2D eigenvalue weighted by molar-refractivity contribution is 7.88. The first-order chi connectivity index (χ1) is 9.79. The van der Waals surface area contributed by atoms with Crippen LogP contribution in [0.15, 0.2) is 18.2 Å². The lowest BCUT2D eigenvalue weighted by atomic mass is 10.3. The minimum Gasteiger partial charge on any atom is -0.320 e. The summed E-state index contributed by atoms with van der Waals surface area (Å²) in [4.78, 5) is 11.5. The predicted octanol–water partition coefficient (Wildman–Crippen LogP) is 0.432. The second-order valence-electron chi connectivity index (χ2n) is 4.34. The molecule has 0 fully saturated rings. The first-order valence-corrected chi connectivity index (χ1v) is 8.08. The van der Waals surface area contributed by atoms with Crippen LogP contribution in [0.1, 0.15) is 6.42 Å². The van der Waals surface area contributed by atoms with Crippen LogP contribution < -0.4 is 15.4 Å². The molecule has 0 aromatic heterocycles. The lowest BCUT2D eigenvalue weighted by molar-refractivity contribution is -0.115. The molecule has 3 N–H and O–H groups in total. The molecule has 1 amide bonds. The summed E-state index contributed by atoms with van der Waals surface area (Å²) < 4.78 is 50.4. The summed E-state index contributed by atoms with van der Waals surface area (Å²) >= 11 is 0. The molecule has 21 heavy (non-hydrogen) atoms. The highest BCUT2D eigenvalue weighted by Crippen LogP contribution is 2.17. The average molecular weight is 321 g/mol. The molecule has 0 aliphatic rings. The molecular formula is C12H17F2N3O3S. The fourth-order valence-corrected chi connectivity index (χ4v) is 1.99. The monoisotopic (exact) mass is 321 g/mol. The van der Waals surface area contributed by atoms with Gasteiger partial charge in [-0.3, -0.25) is 4.79 Å². The van der Waals surface area contributed by atoms with Crippen molar-refractivity contribution in [2.75, 3.05) is 31.2 Å². The Hall–Kier alpha value is -1.58. The van der Waals surface area contributed by atoms with Crippen molar-refractivity contribution in [3.8, 4) is 0 Å². The van der Waals surface area contributed by atoms with Gasteiger partial charge in [-0.1, -0.05) is 6.07 Å². The molecule has 118 valence electrons. The Kier molecular flexibility index (Phi) is 6.66. The summed E-state index contributed by atoms with van der Waals surface area (Å²) in [6, 6.07) is 3.29. The first-order valence-electron chi connectivity index (χ1n) is 6.19.